The highest BCUT2D eigenvalue weighted by molar-refractivity contribution is 9.10. The molecule has 1 N–H and O–H groups in total. The molecule has 5 nitrogen and oxygen atoms in total. The normalized spacial score (nSPS) is 24.0. The lowest BCUT2D eigenvalue weighted by atomic mass is 10.2. The molecular weight excluding hydrogens is 310 g/mol. The number of aliphatic hydroxyl groups excluding tert-OH is 1. The Labute approximate surface area is 122 Å². The van der Waals surface area contributed by atoms with Crippen molar-refractivity contribution in [3.8, 4) is 0 Å². The molecule has 19 heavy (non-hydrogen) atoms. The molecule has 1 aromatic heterocycles. The Morgan fingerprint density at radius 2 is 2.21 bits per heavy atom. The van der Waals surface area contributed by atoms with Gasteiger partial charge >= 0.3 is 0 Å². The molecule has 1 fully saturated rings. The Bertz CT molecular complexity index is 442. The first-order chi connectivity index (χ1) is 8.99. The van der Waals surface area contributed by atoms with Gasteiger partial charge in [-0.2, -0.15) is 0 Å². The Balaban J connectivity index is 2.25. The van der Waals surface area contributed by atoms with E-state index < -0.39 is 0 Å². The van der Waals surface area contributed by atoms with Gasteiger partial charge in [-0.05, 0) is 22.9 Å². The van der Waals surface area contributed by atoms with Gasteiger partial charge in [0.25, 0.3) is 0 Å². The minimum atomic E-state index is -0.153. The SMILES string of the molecule is CC1CN(c2cc(Br)nc(C(C)C)n2)CC(CO)O1. The molecule has 2 atom stereocenters. The number of anilines is 1. The molecule has 1 saturated heterocycles. The molecule has 2 heterocycles. The van der Waals surface area contributed by atoms with Gasteiger partial charge < -0.3 is 14.7 Å². The Hall–Kier alpha value is -0.720. The smallest absolute Gasteiger partial charge is 0.134 e. The zero-order chi connectivity index (χ0) is 14.0. The van der Waals surface area contributed by atoms with Crippen molar-refractivity contribution in [3.63, 3.8) is 0 Å². The van der Waals surface area contributed by atoms with Gasteiger partial charge in [-0.3, -0.25) is 0 Å². The quantitative estimate of drug-likeness (QED) is 0.859. The Morgan fingerprint density at radius 3 is 2.84 bits per heavy atom. The molecule has 1 aliphatic heterocycles. The summed E-state index contributed by atoms with van der Waals surface area (Å²) in [5.74, 6) is 1.99. The summed E-state index contributed by atoms with van der Waals surface area (Å²) in [6, 6.07) is 1.92. The molecule has 0 spiro atoms. The van der Waals surface area contributed by atoms with Gasteiger partial charge in [-0.1, -0.05) is 13.8 Å². The van der Waals surface area contributed by atoms with Crippen LogP contribution < -0.4 is 4.90 Å². The maximum atomic E-state index is 9.28. The third-order valence-corrected chi connectivity index (χ3v) is 3.48. The van der Waals surface area contributed by atoms with E-state index in [1.165, 1.54) is 0 Å². The van der Waals surface area contributed by atoms with Gasteiger partial charge in [-0.25, -0.2) is 9.97 Å². The van der Waals surface area contributed by atoms with Crippen LogP contribution in [0.2, 0.25) is 0 Å². The molecule has 0 saturated carbocycles. The second kappa shape index (κ2) is 6.15. The second-order valence-electron chi connectivity index (χ2n) is 5.22. The standard InChI is InChI=1S/C13H20BrN3O2/c1-8(2)13-15-11(14)4-12(16-13)17-5-9(3)19-10(6-17)7-18/h4,8-10,18H,5-7H2,1-3H3. The molecule has 0 radical (unpaired) electrons. The summed E-state index contributed by atoms with van der Waals surface area (Å²) in [6.45, 7) is 7.62. The van der Waals surface area contributed by atoms with E-state index >= 15 is 0 Å². The van der Waals surface area contributed by atoms with Crippen LogP contribution in [0.3, 0.4) is 0 Å². The van der Waals surface area contributed by atoms with Crippen molar-refractivity contribution in [1.82, 2.24) is 9.97 Å². The zero-order valence-electron chi connectivity index (χ0n) is 11.5. The van der Waals surface area contributed by atoms with Crippen molar-refractivity contribution in [3.05, 3.63) is 16.5 Å². The number of nitrogens with zero attached hydrogens (tertiary/aromatic N) is 3. The van der Waals surface area contributed by atoms with E-state index in [1.807, 2.05) is 13.0 Å². The van der Waals surface area contributed by atoms with Gasteiger partial charge in [0.2, 0.25) is 0 Å². The maximum absolute atomic E-state index is 9.28. The number of halogens is 1. The van der Waals surface area contributed by atoms with Crippen molar-refractivity contribution in [2.75, 3.05) is 24.6 Å². The molecule has 6 heteroatoms. The summed E-state index contributed by atoms with van der Waals surface area (Å²) in [5.41, 5.74) is 0. The van der Waals surface area contributed by atoms with Gasteiger partial charge in [0.05, 0.1) is 18.8 Å². The van der Waals surface area contributed by atoms with E-state index in [1.54, 1.807) is 0 Å². The lowest BCUT2D eigenvalue weighted by molar-refractivity contribution is -0.0423. The monoisotopic (exact) mass is 329 g/mol. The molecule has 0 aliphatic carbocycles. The lowest BCUT2D eigenvalue weighted by Crippen LogP contribution is -2.48. The number of rotatable bonds is 3. The topological polar surface area (TPSA) is 58.5 Å². The second-order valence-corrected chi connectivity index (χ2v) is 6.03. The number of hydrogen-bond donors (Lipinski definition) is 1. The molecule has 1 aromatic rings. The van der Waals surface area contributed by atoms with Crippen molar-refractivity contribution in [1.29, 1.82) is 0 Å². The van der Waals surface area contributed by atoms with Gasteiger partial charge in [0.1, 0.15) is 16.2 Å². The predicted octanol–water partition coefficient (Wildman–Crippen LogP) is 1.95. The van der Waals surface area contributed by atoms with Crippen LogP contribution in [0.4, 0.5) is 5.82 Å². The minimum absolute atomic E-state index is 0.0319. The largest absolute Gasteiger partial charge is 0.394 e. The van der Waals surface area contributed by atoms with E-state index in [9.17, 15) is 5.11 Å². The fraction of sp³-hybridized carbons (Fsp3) is 0.692. The summed E-state index contributed by atoms with van der Waals surface area (Å²) in [6.07, 6.45) is -0.0675. The molecule has 2 unspecified atom stereocenters. The van der Waals surface area contributed by atoms with Crippen LogP contribution in [-0.4, -0.2) is 47.0 Å². The molecule has 2 rings (SSSR count). The summed E-state index contributed by atoms with van der Waals surface area (Å²) < 4.78 is 6.44. The summed E-state index contributed by atoms with van der Waals surface area (Å²) in [4.78, 5) is 11.1. The zero-order valence-corrected chi connectivity index (χ0v) is 13.1. The summed E-state index contributed by atoms with van der Waals surface area (Å²) >= 11 is 3.44. The first kappa shape index (κ1) is 14.7. The first-order valence-corrected chi connectivity index (χ1v) is 7.34. The highest BCUT2D eigenvalue weighted by atomic mass is 79.9. The number of aromatic nitrogens is 2. The average Bonchev–Trinajstić information content (AvgIpc) is 2.37. The summed E-state index contributed by atoms with van der Waals surface area (Å²) in [7, 11) is 0. The first-order valence-electron chi connectivity index (χ1n) is 6.55. The minimum Gasteiger partial charge on any atom is -0.394 e. The highest BCUT2D eigenvalue weighted by Crippen LogP contribution is 2.23. The van der Waals surface area contributed by atoms with Gasteiger partial charge in [0, 0.05) is 25.1 Å². The molecule has 1 aliphatic rings. The van der Waals surface area contributed by atoms with Crippen LogP contribution >= 0.6 is 15.9 Å². The fourth-order valence-electron chi connectivity index (χ4n) is 2.18. The van der Waals surface area contributed by atoms with E-state index in [0.29, 0.717) is 6.54 Å². The van der Waals surface area contributed by atoms with E-state index in [0.717, 1.165) is 22.8 Å². The third-order valence-electron chi connectivity index (χ3n) is 3.07. The van der Waals surface area contributed by atoms with Gasteiger partial charge in [0.15, 0.2) is 0 Å². The average molecular weight is 330 g/mol. The molecular formula is C13H20BrN3O2. The molecule has 0 aromatic carbocycles. The fourth-order valence-corrected chi connectivity index (χ4v) is 2.56. The maximum Gasteiger partial charge on any atom is 0.134 e. The van der Waals surface area contributed by atoms with Crippen LogP contribution in [-0.2, 0) is 4.74 Å². The third kappa shape index (κ3) is 3.64. The van der Waals surface area contributed by atoms with Crippen molar-refractivity contribution >= 4 is 21.7 Å². The molecule has 0 amide bonds. The van der Waals surface area contributed by atoms with Crippen molar-refractivity contribution in [2.45, 2.75) is 38.9 Å². The number of morpholine rings is 1. The Morgan fingerprint density at radius 1 is 1.47 bits per heavy atom. The number of ether oxygens (including phenoxy) is 1. The van der Waals surface area contributed by atoms with Crippen molar-refractivity contribution in [2.24, 2.45) is 0 Å². The van der Waals surface area contributed by atoms with E-state index in [4.69, 9.17) is 4.74 Å². The van der Waals surface area contributed by atoms with E-state index in [2.05, 4.69) is 44.6 Å². The molecule has 106 valence electrons. The number of aliphatic hydroxyl groups is 1. The number of hydrogen-bond acceptors (Lipinski definition) is 5. The molecule has 0 bridgehead atoms. The predicted molar refractivity (Wildman–Crippen MR) is 77.5 cm³/mol. The lowest BCUT2D eigenvalue weighted by Gasteiger charge is -2.37. The van der Waals surface area contributed by atoms with Crippen LogP contribution in [0.5, 0.6) is 0 Å². The van der Waals surface area contributed by atoms with Crippen LogP contribution in [0.1, 0.15) is 32.5 Å². The van der Waals surface area contributed by atoms with Crippen LogP contribution in [0.25, 0.3) is 0 Å². The highest BCUT2D eigenvalue weighted by Gasteiger charge is 2.26. The van der Waals surface area contributed by atoms with Crippen LogP contribution in [0.15, 0.2) is 10.7 Å². The summed E-state index contributed by atoms with van der Waals surface area (Å²) in [5, 5.41) is 9.28. The van der Waals surface area contributed by atoms with Crippen molar-refractivity contribution < 1.29 is 9.84 Å². The van der Waals surface area contributed by atoms with E-state index in [-0.39, 0.29) is 24.7 Å². The van der Waals surface area contributed by atoms with Crippen LogP contribution in [0, 0.1) is 0 Å². The van der Waals surface area contributed by atoms with Gasteiger partial charge in [-0.15, -0.1) is 0 Å². The Kier molecular flexibility index (Phi) is 4.76.